The zero-order chi connectivity index (χ0) is 11.5. The predicted octanol–water partition coefficient (Wildman–Crippen LogP) is 0.432. The van der Waals surface area contributed by atoms with E-state index in [4.69, 9.17) is 10.3 Å². The molecule has 0 spiro atoms. The Morgan fingerprint density at radius 2 is 2.38 bits per heavy atom. The largest absolute Gasteiger partial charge is 0.382 e. The van der Waals surface area contributed by atoms with Crippen molar-refractivity contribution in [2.24, 2.45) is 5.73 Å². The second-order valence-electron chi connectivity index (χ2n) is 3.38. The molecule has 1 unspecified atom stereocenters. The zero-order valence-corrected chi connectivity index (χ0v) is 8.79. The Morgan fingerprint density at radius 3 is 3.06 bits per heavy atom. The van der Waals surface area contributed by atoms with Crippen molar-refractivity contribution in [1.29, 1.82) is 0 Å². The Labute approximate surface area is 92.1 Å². The number of hydrogen-bond acceptors (Lipinski definition) is 6. The molecule has 2 rings (SSSR count). The summed E-state index contributed by atoms with van der Waals surface area (Å²) >= 11 is 0. The fraction of sp³-hybridized carbons (Fsp3) is 0.300. The van der Waals surface area contributed by atoms with E-state index in [0.717, 1.165) is 5.56 Å². The van der Waals surface area contributed by atoms with Crippen LogP contribution in [0, 0.1) is 6.92 Å². The highest BCUT2D eigenvalue weighted by atomic mass is 16.5. The van der Waals surface area contributed by atoms with Gasteiger partial charge in [0.15, 0.2) is 0 Å². The van der Waals surface area contributed by atoms with Crippen LogP contribution in [-0.4, -0.2) is 26.8 Å². The van der Waals surface area contributed by atoms with Gasteiger partial charge in [-0.1, -0.05) is 11.2 Å². The highest BCUT2D eigenvalue weighted by molar-refractivity contribution is 5.53. The summed E-state index contributed by atoms with van der Waals surface area (Å²) < 4.78 is 4.90. The molecule has 84 valence electrons. The first kappa shape index (κ1) is 10.7. The lowest BCUT2D eigenvalue weighted by molar-refractivity contribution is 0.141. The fourth-order valence-corrected chi connectivity index (χ4v) is 1.29. The van der Waals surface area contributed by atoms with Crippen molar-refractivity contribution in [3.05, 3.63) is 29.8 Å². The average molecular weight is 220 g/mol. The van der Waals surface area contributed by atoms with Crippen molar-refractivity contribution in [3.63, 3.8) is 0 Å². The summed E-state index contributed by atoms with van der Waals surface area (Å²) in [5, 5.41) is 13.2. The number of aryl methyl sites for hydroxylation is 1. The summed E-state index contributed by atoms with van der Waals surface area (Å²) in [7, 11) is 0. The van der Waals surface area contributed by atoms with Crippen molar-refractivity contribution in [2.75, 3.05) is 6.54 Å². The molecule has 0 saturated heterocycles. The minimum absolute atomic E-state index is 0.0445. The number of aliphatic hydroxyl groups excluding tert-OH is 1. The third-order valence-electron chi connectivity index (χ3n) is 2.17. The van der Waals surface area contributed by atoms with Gasteiger partial charge in [0.05, 0.1) is 0 Å². The van der Waals surface area contributed by atoms with Gasteiger partial charge in [-0.25, -0.2) is 0 Å². The maximum Gasteiger partial charge on any atom is 0.257 e. The maximum atomic E-state index is 9.42. The van der Waals surface area contributed by atoms with Gasteiger partial charge in [-0.15, -0.1) is 0 Å². The monoisotopic (exact) mass is 220 g/mol. The lowest BCUT2D eigenvalue weighted by Gasteiger charge is -1.99. The number of nitrogens with two attached hydrogens (primary N) is 1. The van der Waals surface area contributed by atoms with Gasteiger partial charge in [-0.05, 0) is 18.6 Å². The smallest absolute Gasteiger partial charge is 0.257 e. The van der Waals surface area contributed by atoms with Crippen molar-refractivity contribution >= 4 is 0 Å². The van der Waals surface area contributed by atoms with Crippen LogP contribution in [0.2, 0.25) is 0 Å². The summed E-state index contributed by atoms with van der Waals surface area (Å²) in [6.07, 6.45) is 0.725. The highest BCUT2D eigenvalue weighted by Crippen LogP contribution is 2.18. The predicted molar refractivity (Wildman–Crippen MR) is 56.3 cm³/mol. The van der Waals surface area contributed by atoms with Crippen LogP contribution in [0.4, 0.5) is 0 Å². The van der Waals surface area contributed by atoms with Crippen molar-refractivity contribution in [2.45, 2.75) is 13.0 Å². The summed E-state index contributed by atoms with van der Waals surface area (Å²) in [6.45, 7) is 1.95. The van der Waals surface area contributed by atoms with Crippen molar-refractivity contribution < 1.29 is 9.63 Å². The van der Waals surface area contributed by atoms with E-state index in [0.29, 0.717) is 11.5 Å². The molecule has 6 heteroatoms. The molecule has 1 atom stereocenters. The SMILES string of the molecule is Cc1cccnc1-c1noc(C(O)CN)n1. The molecule has 0 radical (unpaired) electrons. The van der Waals surface area contributed by atoms with Gasteiger partial charge in [0, 0.05) is 12.7 Å². The first-order valence-corrected chi connectivity index (χ1v) is 4.86. The van der Waals surface area contributed by atoms with Crippen LogP contribution < -0.4 is 5.73 Å². The molecule has 0 saturated carbocycles. The van der Waals surface area contributed by atoms with E-state index in [1.165, 1.54) is 0 Å². The molecular weight excluding hydrogens is 208 g/mol. The molecule has 0 aliphatic carbocycles. The fourth-order valence-electron chi connectivity index (χ4n) is 1.29. The van der Waals surface area contributed by atoms with Crippen LogP contribution in [0.1, 0.15) is 17.6 Å². The minimum Gasteiger partial charge on any atom is -0.382 e. The summed E-state index contributed by atoms with van der Waals surface area (Å²) in [5.41, 5.74) is 6.87. The molecule has 6 nitrogen and oxygen atoms in total. The number of aromatic nitrogens is 3. The maximum absolute atomic E-state index is 9.42. The van der Waals surface area contributed by atoms with E-state index in [2.05, 4.69) is 15.1 Å². The van der Waals surface area contributed by atoms with Crippen molar-refractivity contribution in [3.8, 4) is 11.5 Å². The molecule has 0 bridgehead atoms. The Hall–Kier alpha value is -1.79. The molecule has 0 aliphatic rings. The van der Waals surface area contributed by atoms with Gasteiger partial charge in [0.1, 0.15) is 11.8 Å². The Morgan fingerprint density at radius 1 is 1.56 bits per heavy atom. The third kappa shape index (κ3) is 1.93. The molecule has 16 heavy (non-hydrogen) atoms. The van der Waals surface area contributed by atoms with E-state index < -0.39 is 6.10 Å². The highest BCUT2D eigenvalue weighted by Gasteiger charge is 2.16. The molecule has 0 aliphatic heterocycles. The molecular formula is C10H12N4O2. The molecule has 0 amide bonds. The first-order valence-electron chi connectivity index (χ1n) is 4.86. The number of hydrogen-bond donors (Lipinski definition) is 2. The van der Waals surface area contributed by atoms with E-state index in [1.54, 1.807) is 6.20 Å². The standard InChI is InChI=1S/C10H12N4O2/c1-6-3-2-4-12-8(6)9-13-10(16-14-9)7(15)5-11/h2-4,7,15H,5,11H2,1H3. The zero-order valence-electron chi connectivity index (χ0n) is 8.79. The number of aliphatic hydroxyl groups is 1. The minimum atomic E-state index is -0.926. The van der Waals surface area contributed by atoms with Crippen molar-refractivity contribution in [1.82, 2.24) is 15.1 Å². The molecule has 0 fully saturated rings. The van der Waals surface area contributed by atoms with Crippen LogP contribution in [0.3, 0.4) is 0 Å². The summed E-state index contributed by atoms with van der Waals surface area (Å²) in [4.78, 5) is 8.19. The topological polar surface area (TPSA) is 98.1 Å². The average Bonchev–Trinajstić information content (AvgIpc) is 2.78. The van der Waals surface area contributed by atoms with Gasteiger partial charge >= 0.3 is 0 Å². The van der Waals surface area contributed by atoms with Crippen LogP contribution in [0.25, 0.3) is 11.5 Å². The Balaban J connectivity index is 2.35. The van der Waals surface area contributed by atoms with E-state index >= 15 is 0 Å². The molecule has 2 aromatic heterocycles. The number of rotatable bonds is 3. The molecule has 3 N–H and O–H groups in total. The second kappa shape index (κ2) is 4.38. The molecule has 2 aromatic rings. The normalized spacial score (nSPS) is 12.7. The van der Waals surface area contributed by atoms with Gasteiger partial charge in [-0.2, -0.15) is 4.98 Å². The summed E-state index contributed by atoms with van der Waals surface area (Å²) in [5.74, 6) is 0.475. The summed E-state index contributed by atoms with van der Waals surface area (Å²) in [6, 6.07) is 3.73. The number of pyridine rings is 1. The van der Waals surface area contributed by atoms with Gasteiger partial charge in [0.2, 0.25) is 5.82 Å². The molecule has 2 heterocycles. The first-order chi connectivity index (χ1) is 7.72. The quantitative estimate of drug-likeness (QED) is 0.778. The van der Waals surface area contributed by atoms with Crippen LogP contribution in [0.15, 0.2) is 22.9 Å². The van der Waals surface area contributed by atoms with Gasteiger partial charge < -0.3 is 15.4 Å². The van der Waals surface area contributed by atoms with Crippen LogP contribution in [-0.2, 0) is 0 Å². The van der Waals surface area contributed by atoms with Gasteiger partial charge in [0.25, 0.3) is 5.89 Å². The Bertz CT molecular complexity index is 483. The number of nitrogens with zero attached hydrogens (tertiary/aromatic N) is 3. The molecule has 0 aromatic carbocycles. The second-order valence-corrected chi connectivity index (χ2v) is 3.38. The third-order valence-corrected chi connectivity index (χ3v) is 2.17. The Kier molecular flexibility index (Phi) is 2.93. The van der Waals surface area contributed by atoms with Gasteiger partial charge in [-0.3, -0.25) is 4.98 Å². The lowest BCUT2D eigenvalue weighted by atomic mass is 10.2. The van der Waals surface area contributed by atoms with Crippen LogP contribution >= 0.6 is 0 Å². The van der Waals surface area contributed by atoms with Crippen LogP contribution in [0.5, 0.6) is 0 Å². The van der Waals surface area contributed by atoms with E-state index in [9.17, 15) is 5.11 Å². The van der Waals surface area contributed by atoms with E-state index in [-0.39, 0.29) is 12.4 Å². The van der Waals surface area contributed by atoms with E-state index in [1.807, 2.05) is 19.1 Å². The lowest BCUT2D eigenvalue weighted by Crippen LogP contribution is -2.11.